The number of hydrogen-bond acceptors (Lipinski definition) is 0. The van der Waals surface area contributed by atoms with Crippen LogP contribution in [0.25, 0.3) is 0 Å². The van der Waals surface area contributed by atoms with Crippen LogP contribution in [0.1, 0.15) is 29.4 Å². The Morgan fingerprint density at radius 1 is 0.882 bits per heavy atom. The molecule has 0 saturated heterocycles. The Bertz CT molecular complexity index is 556. The minimum atomic E-state index is -1.72. The summed E-state index contributed by atoms with van der Waals surface area (Å²) in [5.74, 6) is -6.10. The quantitative estimate of drug-likeness (QED) is 0.290. The van der Waals surface area contributed by atoms with Crippen LogP contribution in [-0.4, -0.2) is 5.38 Å². The second-order valence-corrected chi connectivity index (χ2v) is 5.64. The summed E-state index contributed by atoms with van der Waals surface area (Å²) in [6, 6.07) is 0. The van der Waals surface area contributed by atoms with Gasteiger partial charge in [0.15, 0.2) is 23.3 Å². The topological polar surface area (TPSA) is 0 Å². The molecule has 4 aliphatic carbocycles. The maximum absolute atomic E-state index is 13.7. The molecule has 5 rings (SSSR count). The van der Waals surface area contributed by atoms with Crippen LogP contribution in [0.4, 0.5) is 17.6 Å². The summed E-state index contributed by atoms with van der Waals surface area (Å²) in [6.07, 6.45) is 0.665. The molecule has 0 radical (unpaired) electrons. The van der Waals surface area contributed by atoms with Crippen LogP contribution in [-0.2, 0) is 0 Å². The van der Waals surface area contributed by atoms with Gasteiger partial charge in [-0.2, -0.15) is 0 Å². The van der Waals surface area contributed by atoms with E-state index in [9.17, 15) is 17.6 Å². The lowest BCUT2D eigenvalue weighted by molar-refractivity contribution is 0.377. The van der Waals surface area contributed by atoms with Gasteiger partial charge in [0.2, 0.25) is 0 Å². The number of halogens is 5. The van der Waals surface area contributed by atoms with Gasteiger partial charge < -0.3 is 0 Å². The normalized spacial score (nSPS) is 40.4. The lowest BCUT2D eigenvalue weighted by atomic mass is 9.78. The highest BCUT2D eigenvalue weighted by Gasteiger charge is 2.68. The summed E-state index contributed by atoms with van der Waals surface area (Å²) >= 11 is 6.14. The van der Waals surface area contributed by atoms with E-state index >= 15 is 0 Å². The molecule has 90 valence electrons. The van der Waals surface area contributed by atoms with E-state index in [2.05, 4.69) is 0 Å². The first-order valence-electron chi connectivity index (χ1n) is 5.53. The van der Waals surface area contributed by atoms with Gasteiger partial charge in [0.25, 0.3) is 0 Å². The zero-order valence-electron chi connectivity index (χ0n) is 8.48. The van der Waals surface area contributed by atoms with Crippen LogP contribution in [0.3, 0.4) is 0 Å². The summed E-state index contributed by atoms with van der Waals surface area (Å²) < 4.78 is 53.8. The Kier molecular flexibility index (Phi) is 1.67. The van der Waals surface area contributed by atoms with Crippen molar-refractivity contribution in [2.75, 3.05) is 0 Å². The van der Waals surface area contributed by atoms with Crippen molar-refractivity contribution in [3.05, 3.63) is 34.4 Å². The number of benzene rings is 1. The van der Waals surface area contributed by atoms with Crippen LogP contribution < -0.4 is 0 Å². The van der Waals surface area contributed by atoms with Gasteiger partial charge in [-0.25, -0.2) is 17.6 Å². The average Bonchev–Trinajstić information content (AvgIpc) is 2.96. The Balaban J connectivity index is 2.07. The third kappa shape index (κ3) is 0.941. The first kappa shape index (κ1) is 10.2. The lowest BCUT2D eigenvalue weighted by Crippen LogP contribution is -2.24. The molecular weight excluding hydrogens is 256 g/mol. The number of hydrogen-bond donors (Lipinski definition) is 0. The standard InChI is InChI=1S/C12H7ClF4/c13-8-3-1-2-4(5(2)8)7-6(3)9(14)11(16)12(17)10(7)15/h2-5,8H,1H2/t2-,3+,4+,5?,8?/m1/s1. The van der Waals surface area contributed by atoms with Crippen LogP contribution in [0.15, 0.2) is 0 Å². The molecule has 1 aromatic rings. The van der Waals surface area contributed by atoms with E-state index in [1.807, 2.05) is 0 Å². The van der Waals surface area contributed by atoms with E-state index in [-0.39, 0.29) is 40.2 Å². The first-order valence-corrected chi connectivity index (χ1v) is 5.97. The third-order valence-electron chi connectivity index (χ3n) is 4.55. The van der Waals surface area contributed by atoms with Crippen molar-refractivity contribution in [3.8, 4) is 0 Å². The van der Waals surface area contributed by atoms with Gasteiger partial charge in [0.05, 0.1) is 0 Å². The summed E-state index contributed by atoms with van der Waals surface area (Å²) in [4.78, 5) is 0. The summed E-state index contributed by atoms with van der Waals surface area (Å²) in [5, 5.41) is -0.267. The molecule has 0 amide bonds. The highest BCUT2D eigenvalue weighted by molar-refractivity contribution is 6.22. The van der Waals surface area contributed by atoms with Gasteiger partial charge in [0.1, 0.15) is 0 Å². The van der Waals surface area contributed by atoms with Gasteiger partial charge in [-0.3, -0.25) is 0 Å². The van der Waals surface area contributed by atoms with E-state index in [1.165, 1.54) is 0 Å². The largest absolute Gasteiger partial charge is 0.203 e. The zero-order chi connectivity index (χ0) is 12.1. The minimum Gasteiger partial charge on any atom is -0.203 e. The third-order valence-corrected chi connectivity index (χ3v) is 5.15. The highest BCUT2D eigenvalue weighted by Crippen LogP contribution is 2.74. The van der Waals surface area contributed by atoms with E-state index in [4.69, 9.17) is 11.6 Å². The molecule has 4 bridgehead atoms. The van der Waals surface area contributed by atoms with Crippen LogP contribution in [0.2, 0.25) is 0 Å². The van der Waals surface area contributed by atoms with E-state index < -0.39 is 23.3 Å². The SMILES string of the molecule is Fc1c(F)c(F)c2c(c1F)[C@@H]1C3C(Cl)[C@H]2C[C@@H]31. The monoisotopic (exact) mass is 262 g/mol. The molecule has 0 nitrogen and oxygen atoms in total. The minimum absolute atomic E-state index is 0.0172. The van der Waals surface area contributed by atoms with Crippen molar-refractivity contribution in [1.82, 2.24) is 0 Å². The molecule has 17 heavy (non-hydrogen) atoms. The first-order chi connectivity index (χ1) is 8.04. The maximum atomic E-state index is 13.7. The fourth-order valence-corrected chi connectivity index (χ4v) is 4.44. The molecule has 0 aliphatic heterocycles. The molecule has 5 heteroatoms. The molecule has 5 atom stereocenters. The van der Waals surface area contributed by atoms with Crippen LogP contribution in [0, 0.1) is 35.1 Å². The molecule has 1 aromatic carbocycles. The van der Waals surface area contributed by atoms with Crippen molar-refractivity contribution in [3.63, 3.8) is 0 Å². The maximum Gasteiger partial charge on any atom is 0.197 e. The van der Waals surface area contributed by atoms with Gasteiger partial charge in [-0.05, 0) is 24.2 Å². The van der Waals surface area contributed by atoms with Gasteiger partial charge in [0, 0.05) is 22.4 Å². The molecule has 0 aromatic heterocycles. The molecule has 0 heterocycles. The van der Waals surface area contributed by atoms with E-state index in [0.717, 1.165) is 0 Å². The number of alkyl halides is 1. The van der Waals surface area contributed by atoms with E-state index in [1.54, 1.807) is 0 Å². The smallest absolute Gasteiger partial charge is 0.197 e. The van der Waals surface area contributed by atoms with Gasteiger partial charge in [-0.1, -0.05) is 0 Å². The molecule has 2 saturated carbocycles. The zero-order valence-corrected chi connectivity index (χ0v) is 9.24. The Morgan fingerprint density at radius 2 is 1.47 bits per heavy atom. The second kappa shape index (κ2) is 2.79. The van der Waals surface area contributed by atoms with Crippen molar-refractivity contribution in [2.45, 2.75) is 23.6 Å². The highest BCUT2D eigenvalue weighted by atomic mass is 35.5. The number of rotatable bonds is 0. The molecule has 2 unspecified atom stereocenters. The summed E-state index contributed by atoms with van der Waals surface area (Å²) in [5.41, 5.74) is 0.0287. The summed E-state index contributed by atoms with van der Waals surface area (Å²) in [6.45, 7) is 0. The van der Waals surface area contributed by atoms with Crippen molar-refractivity contribution in [1.29, 1.82) is 0 Å². The molecular formula is C12H7ClF4. The van der Waals surface area contributed by atoms with Crippen molar-refractivity contribution >= 4 is 11.6 Å². The fraction of sp³-hybridized carbons (Fsp3) is 0.500. The second-order valence-electron chi connectivity index (χ2n) is 5.14. The molecule has 0 N–H and O–H groups in total. The summed E-state index contributed by atoms with van der Waals surface area (Å²) in [7, 11) is 0. The van der Waals surface area contributed by atoms with E-state index in [0.29, 0.717) is 6.42 Å². The molecule has 0 spiro atoms. The van der Waals surface area contributed by atoms with Crippen molar-refractivity contribution < 1.29 is 17.6 Å². The van der Waals surface area contributed by atoms with Gasteiger partial charge >= 0.3 is 0 Å². The van der Waals surface area contributed by atoms with Gasteiger partial charge in [-0.15, -0.1) is 11.6 Å². The van der Waals surface area contributed by atoms with Crippen LogP contribution >= 0.6 is 11.6 Å². The fourth-order valence-electron chi connectivity index (χ4n) is 3.87. The molecule has 2 fully saturated rings. The predicted molar refractivity (Wildman–Crippen MR) is 53.0 cm³/mol. The average molecular weight is 263 g/mol. The Hall–Kier alpha value is -0.770. The predicted octanol–water partition coefficient (Wildman–Crippen LogP) is 3.68. The Morgan fingerprint density at radius 3 is 2.00 bits per heavy atom. The molecule has 4 aliphatic rings. The lowest BCUT2D eigenvalue weighted by Gasteiger charge is -2.30. The van der Waals surface area contributed by atoms with Crippen molar-refractivity contribution in [2.24, 2.45) is 11.8 Å². The van der Waals surface area contributed by atoms with Crippen LogP contribution in [0.5, 0.6) is 0 Å². The Labute approximate surface area is 99.6 Å².